The second-order valence-electron chi connectivity index (χ2n) is 12.3. The average Bonchev–Trinajstić information content (AvgIpc) is 3.76. The molecule has 46 heavy (non-hydrogen) atoms. The van der Waals surface area contributed by atoms with Crippen LogP contribution < -0.4 is 0 Å². The van der Waals surface area contributed by atoms with Gasteiger partial charge in [0.05, 0.1) is 22.1 Å². The number of benzene rings is 5. The molecular formula is C41H28N4O. The standard InChI is InChI=1S/C41H28N4O/c1-25-10-2-6-14-33(25)44-34-15-7-3-11-28(34)31-22-26(18-20-36(31)44)27-19-21-37-32(23-27)29-12-4-8-16-35(29)45(37)41-40-39(42-24-43-41)30-13-5-9-17-38(30)46-40/h2-9,11-25H,10H2,1H3. The summed E-state index contributed by atoms with van der Waals surface area (Å²) >= 11 is 0. The lowest BCUT2D eigenvalue weighted by molar-refractivity contribution is 0.662. The first kappa shape index (κ1) is 25.4. The quantitative estimate of drug-likeness (QED) is 0.205. The Bertz CT molecular complexity index is 2750. The van der Waals surface area contributed by atoms with E-state index in [-0.39, 0.29) is 0 Å². The normalized spacial score (nSPS) is 15.2. The molecule has 0 N–H and O–H groups in total. The lowest BCUT2D eigenvalue weighted by Crippen LogP contribution is -2.07. The van der Waals surface area contributed by atoms with Crippen LogP contribution in [0.2, 0.25) is 0 Å². The molecule has 218 valence electrons. The van der Waals surface area contributed by atoms with Crippen LogP contribution in [-0.2, 0) is 0 Å². The van der Waals surface area contributed by atoms with Crippen molar-refractivity contribution >= 4 is 71.4 Å². The van der Waals surface area contributed by atoms with Gasteiger partial charge in [-0.25, -0.2) is 9.97 Å². The summed E-state index contributed by atoms with van der Waals surface area (Å²) in [6.07, 6.45) is 9.42. The summed E-state index contributed by atoms with van der Waals surface area (Å²) in [5, 5.41) is 5.88. The van der Waals surface area contributed by atoms with E-state index in [4.69, 9.17) is 9.40 Å². The van der Waals surface area contributed by atoms with Gasteiger partial charge < -0.3 is 8.98 Å². The maximum atomic E-state index is 6.37. The molecule has 1 aliphatic rings. The topological polar surface area (TPSA) is 48.8 Å². The number of para-hydroxylation sites is 3. The van der Waals surface area contributed by atoms with E-state index in [1.807, 2.05) is 24.3 Å². The number of nitrogens with zero attached hydrogens (tertiary/aromatic N) is 4. The maximum absolute atomic E-state index is 6.37. The Hall–Kier alpha value is -5.94. The monoisotopic (exact) mass is 592 g/mol. The summed E-state index contributed by atoms with van der Waals surface area (Å²) in [5.41, 5.74) is 10.7. The Morgan fingerprint density at radius 2 is 1.24 bits per heavy atom. The highest BCUT2D eigenvalue weighted by atomic mass is 16.3. The largest absolute Gasteiger partial charge is 0.450 e. The van der Waals surface area contributed by atoms with E-state index >= 15 is 0 Å². The average molecular weight is 593 g/mol. The molecule has 1 aliphatic carbocycles. The van der Waals surface area contributed by atoms with Crippen molar-refractivity contribution in [1.82, 2.24) is 19.1 Å². The molecular weight excluding hydrogens is 564 g/mol. The lowest BCUT2D eigenvalue weighted by Gasteiger charge is -2.20. The number of aromatic nitrogens is 4. The van der Waals surface area contributed by atoms with Crippen molar-refractivity contribution in [1.29, 1.82) is 0 Å². The molecule has 5 aromatic carbocycles. The number of rotatable bonds is 3. The first-order chi connectivity index (χ1) is 22.7. The van der Waals surface area contributed by atoms with Gasteiger partial charge in [0.15, 0.2) is 11.4 Å². The fourth-order valence-electron chi connectivity index (χ4n) is 7.51. The summed E-state index contributed by atoms with van der Waals surface area (Å²) < 4.78 is 11.0. The van der Waals surface area contributed by atoms with Gasteiger partial charge in [-0.05, 0) is 72.2 Å². The van der Waals surface area contributed by atoms with E-state index in [2.05, 4.69) is 124 Å². The van der Waals surface area contributed by atoms with Crippen LogP contribution in [0.15, 0.2) is 138 Å². The molecule has 0 saturated heterocycles. The van der Waals surface area contributed by atoms with Crippen LogP contribution in [0.4, 0.5) is 0 Å². The van der Waals surface area contributed by atoms with Crippen molar-refractivity contribution < 1.29 is 4.42 Å². The minimum absolute atomic E-state index is 0.457. The number of furan rings is 1. The zero-order valence-corrected chi connectivity index (χ0v) is 25.2. The minimum atomic E-state index is 0.457. The van der Waals surface area contributed by atoms with Gasteiger partial charge in [0.2, 0.25) is 0 Å². The van der Waals surface area contributed by atoms with E-state index in [9.17, 15) is 0 Å². The summed E-state index contributed by atoms with van der Waals surface area (Å²) in [6, 6.07) is 39.0. The van der Waals surface area contributed by atoms with Gasteiger partial charge in [-0.1, -0.05) is 79.7 Å². The van der Waals surface area contributed by atoms with E-state index in [1.54, 1.807) is 6.33 Å². The van der Waals surface area contributed by atoms with Crippen molar-refractivity contribution in [2.24, 2.45) is 5.92 Å². The second kappa shape index (κ2) is 9.53. The number of fused-ring (bicyclic) bond motifs is 9. The third-order valence-corrected chi connectivity index (χ3v) is 9.69. The van der Waals surface area contributed by atoms with Crippen LogP contribution in [0.3, 0.4) is 0 Å². The molecule has 1 unspecified atom stereocenters. The molecule has 0 radical (unpaired) electrons. The first-order valence-electron chi connectivity index (χ1n) is 15.8. The Labute approximate surface area is 264 Å². The summed E-state index contributed by atoms with van der Waals surface area (Å²) in [5.74, 6) is 1.20. The highest BCUT2D eigenvalue weighted by Gasteiger charge is 2.21. The van der Waals surface area contributed by atoms with Crippen molar-refractivity contribution in [3.8, 4) is 16.9 Å². The molecule has 0 aliphatic heterocycles. The SMILES string of the molecule is CC1CC=CC=C1n1c2ccccc2c2cc(-c3ccc4c(c3)c3ccccc3n4-c3ncnc4c3oc3ccccc34)ccc21. The van der Waals surface area contributed by atoms with Gasteiger partial charge in [-0.15, -0.1) is 0 Å². The zero-order chi connectivity index (χ0) is 30.4. The van der Waals surface area contributed by atoms with Crippen molar-refractivity contribution in [3.05, 3.63) is 134 Å². The van der Waals surface area contributed by atoms with Crippen LogP contribution in [0.25, 0.3) is 88.3 Å². The molecule has 9 aromatic rings. The van der Waals surface area contributed by atoms with Crippen molar-refractivity contribution in [2.75, 3.05) is 0 Å². The minimum Gasteiger partial charge on any atom is -0.450 e. The smallest absolute Gasteiger partial charge is 0.197 e. The van der Waals surface area contributed by atoms with Crippen molar-refractivity contribution in [3.63, 3.8) is 0 Å². The van der Waals surface area contributed by atoms with E-state index in [0.29, 0.717) is 11.5 Å². The Kier molecular flexibility index (Phi) is 5.26. The van der Waals surface area contributed by atoms with Crippen LogP contribution in [-0.4, -0.2) is 19.1 Å². The maximum Gasteiger partial charge on any atom is 0.197 e. The molecule has 0 bridgehead atoms. The molecule has 4 heterocycles. The van der Waals surface area contributed by atoms with Gasteiger partial charge in [-0.3, -0.25) is 4.57 Å². The molecule has 0 saturated carbocycles. The predicted octanol–water partition coefficient (Wildman–Crippen LogP) is 10.7. The zero-order valence-electron chi connectivity index (χ0n) is 25.2. The molecule has 0 amide bonds. The molecule has 10 rings (SSSR count). The lowest BCUT2D eigenvalue weighted by atomic mass is 9.98. The second-order valence-corrected chi connectivity index (χ2v) is 12.3. The summed E-state index contributed by atoms with van der Waals surface area (Å²) in [7, 11) is 0. The fourth-order valence-corrected chi connectivity index (χ4v) is 7.51. The van der Waals surface area contributed by atoms with Gasteiger partial charge in [0.25, 0.3) is 0 Å². The van der Waals surface area contributed by atoms with Crippen LogP contribution in [0, 0.1) is 5.92 Å². The van der Waals surface area contributed by atoms with Gasteiger partial charge in [0, 0.05) is 38.5 Å². The van der Waals surface area contributed by atoms with E-state index in [1.165, 1.54) is 49.4 Å². The van der Waals surface area contributed by atoms with Gasteiger partial charge >= 0.3 is 0 Å². The third kappa shape index (κ3) is 3.51. The number of hydrogen-bond donors (Lipinski definition) is 0. The van der Waals surface area contributed by atoms with Gasteiger partial charge in [-0.2, -0.15) is 0 Å². The number of hydrogen-bond acceptors (Lipinski definition) is 3. The Morgan fingerprint density at radius 1 is 0.630 bits per heavy atom. The highest BCUT2D eigenvalue weighted by Crippen LogP contribution is 2.40. The summed E-state index contributed by atoms with van der Waals surface area (Å²) in [4.78, 5) is 9.39. The third-order valence-electron chi connectivity index (χ3n) is 9.69. The van der Waals surface area contributed by atoms with Crippen molar-refractivity contribution in [2.45, 2.75) is 13.3 Å². The van der Waals surface area contributed by atoms with Crippen LogP contribution in [0.1, 0.15) is 13.3 Å². The Morgan fingerprint density at radius 3 is 1.96 bits per heavy atom. The Balaban J connectivity index is 1.19. The molecule has 1 atom stereocenters. The molecule has 5 nitrogen and oxygen atoms in total. The van der Waals surface area contributed by atoms with Crippen LogP contribution >= 0.6 is 0 Å². The predicted molar refractivity (Wildman–Crippen MR) is 189 cm³/mol. The fraction of sp³-hybridized carbons (Fsp3) is 0.0732. The van der Waals surface area contributed by atoms with E-state index in [0.717, 1.165) is 39.8 Å². The molecule has 0 fully saturated rings. The highest BCUT2D eigenvalue weighted by molar-refractivity contribution is 6.14. The summed E-state index contributed by atoms with van der Waals surface area (Å²) in [6.45, 7) is 2.32. The molecule has 0 spiro atoms. The van der Waals surface area contributed by atoms with Crippen LogP contribution in [0.5, 0.6) is 0 Å². The molecule has 5 heteroatoms. The van der Waals surface area contributed by atoms with E-state index < -0.39 is 0 Å². The first-order valence-corrected chi connectivity index (χ1v) is 15.8. The van der Waals surface area contributed by atoms with Gasteiger partial charge in [0.1, 0.15) is 17.4 Å². The molecule has 4 aromatic heterocycles. The number of allylic oxidation sites excluding steroid dienone is 4.